The zero-order valence-corrected chi connectivity index (χ0v) is 24.4. The van der Waals surface area contributed by atoms with Gasteiger partial charge < -0.3 is 14.0 Å². The number of allylic oxidation sites excluding steroid dienone is 1. The van der Waals surface area contributed by atoms with E-state index in [1.54, 1.807) is 0 Å². The number of amides is 2. The number of carbonyl (C=O) groups excluding carboxylic acids is 2. The monoisotopic (exact) mass is 555 g/mol. The molecule has 3 aromatic carbocycles. The van der Waals surface area contributed by atoms with E-state index in [2.05, 4.69) is 67.0 Å². The molecular weight excluding hydrogens is 526 g/mol. The number of rotatable bonds is 3. The van der Waals surface area contributed by atoms with Crippen LogP contribution in [0.2, 0.25) is 23.2 Å². The van der Waals surface area contributed by atoms with Crippen LogP contribution in [0.25, 0.3) is 43.6 Å². The van der Waals surface area contributed by atoms with Crippen LogP contribution in [0.3, 0.4) is 0 Å². The number of para-hydroxylation sites is 1. The number of halogens is 1. The number of benzene rings is 3. The third-order valence-corrected chi connectivity index (χ3v) is 13.7. The molecule has 3 heterocycles. The van der Waals surface area contributed by atoms with E-state index in [9.17, 15) is 9.59 Å². The molecular formula is C31H30ClN3O3Si. The summed E-state index contributed by atoms with van der Waals surface area (Å²) in [6.45, 7) is 11.3. The molecule has 5 aromatic rings. The average molecular weight is 556 g/mol. The van der Waals surface area contributed by atoms with Crippen LogP contribution < -0.4 is 5.32 Å². The first-order chi connectivity index (χ1) is 18.5. The predicted octanol–water partition coefficient (Wildman–Crippen LogP) is 7.86. The van der Waals surface area contributed by atoms with Gasteiger partial charge in [-0.25, -0.2) is 0 Å². The van der Waals surface area contributed by atoms with E-state index in [1.165, 1.54) is 0 Å². The molecule has 2 aromatic heterocycles. The Morgan fingerprint density at radius 2 is 1.69 bits per heavy atom. The van der Waals surface area contributed by atoms with Crippen molar-refractivity contribution in [2.24, 2.45) is 0 Å². The fraction of sp³-hybridized carbons (Fsp3) is 0.290. The van der Waals surface area contributed by atoms with Crippen LogP contribution in [0.4, 0.5) is 0 Å². The largest absolute Gasteiger partial charge is 0.410 e. The number of nitrogens with zero attached hydrogens (tertiary/aromatic N) is 1. The molecule has 2 aliphatic rings. The van der Waals surface area contributed by atoms with Crippen molar-refractivity contribution >= 4 is 75.3 Å². The molecule has 6 nitrogen and oxygen atoms in total. The third kappa shape index (κ3) is 3.43. The van der Waals surface area contributed by atoms with Gasteiger partial charge in [0.05, 0.1) is 34.3 Å². The molecule has 1 unspecified atom stereocenters. The maximum absolute atomic E-state index is 13.3. The van der Waals surface area contributed by atoms with Gasteiger partial charge in [0.2, 0.25) is 0 Å². The highest BCUT2D eigenvalue weighted by Crippen LogP contribution is 2.47. The van der Waals surface area contributed by atoms with Gasteiger partial charge in [0.25, 0.3) is 11.8 Å². The number of hydrogen-bond donors (Lipinski definition) is 2. The molecule has 0 bridgehead atoms. The highest BCUT2D eigenvalue weighted by atomic mass is 35.5. The maximum atomic E-state index is 13.3. The summed E-state index contributed by atoms with van der Waals surface area (Å²) >= 11 is 6.36. The highest BCUT2D eigenvalue weighted by Gasteiger charge is 2.41. The Morgan fingerprint density at radius 3 is 2.44 bits per heavy atom. The van der Waals surface area contributed by atoms with Gasteiger partial charge in [0.15, 0.2) is 8.32 Å². The Hall–Kier alpha value is -3.39. The van der Waals surface area contributed by atoms with E-state index >= 15 is 0 Å². The van der Waals surface area contributed by atoms with Crippen LogP contribution in [0.1, 0.15) is 53.9 Å². The molecule has 0 spiro atoms. The number of aromatic nitrogens is 2. The van der Waals surface area contributed by atoms with E-state index in [4.69, 9.17) is 16.0 Å². The molecule has 8 heteroatoms. The van der Waals surface area contributed by atoms with Crippen LogP contribution >= 0.6 is 11.6 Å². The smallest absolute Gasteiger partial charge is 0.259 e. The second kappa shape index (κ2) is 8.07. The zero-order valence-electron chi connectivity index (χ0n) is 22.6. The second-order valence-electron chi connectivity index (χ2n) is 12.3. The second-order valence-corrected chi connectivity index (χ2v) is 17.5. The molecule has 7 rings (SSSR count). The van der Waals surface area contributed by atoms with Crippen LogP contribution in [0, 0.1) is 0 Å². The molecule has 1 aliphatic heterocycles. The van der Waals surface area contributed by atoms with Crippen molar-refractivity contribution in [1.82, 2.24) is 14.9 Å². The van der Waals surface area contributed by atoms with Gasteiger partial charge in [-0.05, 0) is 36.3 Å². The van der Waals surface area contributed by atoms with Crippen molar-refractivity contribution in [3.8, 4) is 0 Å². The maximum Gasteiger partial charge on any atom is 0.259 e. The first-order valence-electron chi connectivity index (χ1n) is 13.4. The van der Waals surface area contributed by atoms with Crippen molar-refractivity contribution in [3.63, 3.8) is 0 Å². The minimum atomic E-state index is -1.96. The average Bonchev–Trinajstić information content (AvgIpc) is 3.60. The number of aromatic amines is 1. The standard InChI is InChI=1S/C31H30ClN3O3Si/c1-31(2,3)39(4,5)38-18-12-11-17(15-18)35-22-9-7-6-8-20(22)24-26-25(29(36)34-30(26)37)23-19-13-10-16(32)14-21(19)33-27(23)28(24)35/h6-14,17-18,33H,15H2,1-5H3,(H,34,36,37)/t17?,18-/m1/s1. The summed E-state index contributed by atoms with van der Waals surface area (Å²) in [7, 11) is -1.96. The van der Waals surface area contributed by atoms with Gasteiger partial charge in [-0.1, -0.05) is 68.8 Å². The molecule has 2 amide bonds. The summed E-state index contributed by atoms with van der Waals surface area (Å²) in [4.78, 5) is 30.1. The van der Waals surface area contributed by atoms with E-state index in [-0.39, 0.29) is 29.0 Å². The van der Waals surface area contributed by atoms with Gasteiger partial charge in [-0.3, -0.25) is 14.9 Å². The third-order valence-electron chi connectivity index (χ3n) is 8.94. The first-order valence-corrected chi connectivity index (χ1v) is 16.7. The summed E-state index contributed by atoms with van der Waals surface area (Å²) < 4.78 is 9.10. The van der Waals surface area contributed by atoms with Crippen LogP contribution in [0.5, 0.6) is 0 Å². The summed E-state index contributed by atoms with van der Waals surface area (Å²) in [5.74, 6) is -0.715. The number of carbonyl (C=O) groups is 2. The summed E-state index contributed by atoms with van der Waals surface area (Å²) in [5.41, 5.74) is 4.49. The molecule has 198 valence electrons. The SMILES string of the molecule is CC(C)(C)[Si](C)(C)O[C@@H]1C=CC(n2c3ccccc3c3c4c(c5c6ccc(Cl)cc6[nH]c5c32)C(=O)NC4=O)C1. The minimum absolute atomic E-state index is 0.0171. The Morgan fingerprint density at radius 1 is 0.974 bits per heavy atom. The normalized spacial score (nSPS) is 19.7. The molecule has 1 aliphatic carbocycles. The van der Waals surface area contributed by atoms with Gasteiger partial charge >= 0.3 is 0 Å². The quantitative estimate of drug-likeness (QED) is 0.135. The Balaban J connectivity index is 1.53. The van der Waals surface area contributed by atoms with Crippen LogP contribution in [-0.2, 0) is 4.43 Å². The van der Waals surface area contributed by atoms with E-state index < -0.39 is 8.32 Å². The number of imide groups is 1. The Kier molecular flexibility index (Phi) is 5.10. The molecule has 0 saturated heterocycles. The fourth-order valence-corrected chi connectivity index (χ4v) is 7.58. The predicted molar refractivity (Wildman–Crippen MR) is 160 cm³/mol. The van der Waals surface area contributed by atoms with Gasteiger partial charge in [-0.15, -0.1) is 0 Å². The minimum Gasteiger partial charge on any atom is -0.410 e. The zero-order chi connectivity index (χ0) is 27.4. The summed E-state index contributed by atoms with van der Waals surface area (Å²) in [6, 6.07) is 13.8. The van der Waals surface area contributed by atoms with Crippen LogP contribution in [0.15, 0.2) is 54.6 Å². The van der Waals surface area contributed by atoms with E-state index in [0.29, 0.717) is 16.1 Å². The highest BCUT2D eigenvalue weighted by molar-refractivity contribution is 6.74. The van der Waals surface area contributed by atoms with Gasteiger partial charge in [0.1, 0.15) is 0 Å². The first kappa shape index (κ1) is 24.6. The van der Waals surface area contributed by atoms with Crippen LogP contribution in [-0.4, -0.2) is 35.8 Å². The topological polar surface area (TPSA) is 76.1 Å². The van der Waals surface area contributed by atoms with Crippen molar-refractivity contribution in [2.75, 3.05) is 0 Å². The van der Waals surface area contributed by atoms with Crippen molar-refractivity contribution in [2.45, 2.75) is 57.5 Å². The molecule has 0 fully saturated rings. The van der Waals surface area contributed by atoms with Gasteiger partial charge in [0, 0.05) is 44.0 Å². The number of nitrogens with one attached hydrogen (secondary N) is 2. The van der Waals surface area contributed by atoms with E-state index in [1.807, 2.05) is 36.4 Å². The lowest BCUT2D eigenvalue weighted by atomic mass is 9.96. The fourth-order valence-electron chi connectivity index (χ4n) is 6.13. The Labute approximate surface area is 232 Å². The molecule has 0 radical (unpaired) electrons. The lowest BCUT2D eigenvalue weighted by Gasteiger charge is -2.38. The molecule has 39 heavy (non-hydrogen) atoms. The Bertz CT molecular complexity index is 1920. The van der Waals surface area contributed by atoms with Gasteiger partial charge in [-0.2, -0.15) is 0 Å². The lowest BCUT2D eigenvalue weighted by Crippen LogP contribution is -2.43. The molecule has 2 atom stereocenters. The summed E-state index contributed by atoms with van der Waals surface area (Å²) in [5, 5.41) is 6.67. The number of H-pyrrole nitrogens is 1. The molecule has 2 N–H and O–H groups in total. The van der Waals surface area contributed by atoms with Crippen molar-refractivity contribution in [3.05, 3.63) is 70.8 Å². The molecule has 0 saturated carbocycles. The summed E-state index contributed by atoms with van der Waals surface area (Å²) in [6.07, 6.45) is 5.24. The lowest BCUT2D eigenvalue weighted by molar-refractivity contribution is 0.0880. The number of hydrogen-bond acceptors (Lipinski definition) is 3. The van der Waals surface area contributed by atoms with Crippen molar-refractivity contribution < 1.29 is 14.0 Å². The number of fused-ring (bicyclic) bond motifs is 10. The van der Waals surface area contributed by atoms with Crippen molar-refractivity contribution in [1.29, 1.82) is 0 Å². The van der Waals surface area contributed by atoms with E-state index in [0.717, 1.165) is 50.0 Å².